The van der Waals surface area contributed by atoms with Crippen molar-refractivity contribution in [2.45, 2.75) is 32.2 Å². The SMILES string of the molecule is Cc1cccnc1CCN=C(NC(N)=O)NC1CC1. The highest BCUT2D eigenvalue weighted by molar-refractivity contribution is 5.95. The van der Waals surface area contributed by atoms with Gasteiger partial charge in [0.05, 0.1) is 0 Å². The minimum absolute atomic E-state index is 0.419. The Morgan fingerprint density at radius 2 is 2.37 bits per heavy atom. The minimum Gasteiger partial charge on any atom is -0.353 e. The van der Waals surface area contributed by atoms with Crippen LogP contribution in [0, 0.1) is 6.92 Å². The number of nitrogens with one attached hydrogen (secondary N) is 2. The van der Waals surface area contributed by atoms with Crippen LogP contribution in [0.5, 0.6) is 0 Å². The molecule has 0 atom stereocenters. The van der Waals surface area contributed by atoms with E-state index in [1.54, 1.807) is 6.20 Å². The van der Waals surface area contributed by atoms with Gasteiger partial charge in [-0.25, -0.2) is 4.79 Å². The lowest BCUT2D eigenvalue weighted by Crippen LogP contribution is -2.44. The number of aryl methyl sites for hydroxylation is 1. The first-order valence-corrected chi connectivity index (χ1v) is 6.43. The molecule has 1 aliphatic carbocycles. The van der Waals surface area contributed by atoms with Gasteiger partial charge in [-0.3, -0.25) is 15.3 Å². The highest BCUT2D eigenvalue weighted by atomic mass is 16.2. The molecule has 0 aromatic carbocycles. The molecule has 2 rings (SSSR count). The van der Waals surface area contributed by atoms with E-state index in [0.717, 1.165) is 30.5 Å². The lowest BCUT2D eigenvalue weighted by molar-refractivity contribution is 0.253. The van der Waals surface area contributed by atoms with E-state index < -0.39 is 6.03 Å². The monoisotopic (exact) mass is 261 g/mol. The number of carbonyl (C=O) groups is 1. The third kappa shape index (κ3) is 4.57. The second-order valence-corrected chi connectivity index (χ2v) is 4.66. The van der Waals surface area contributed by atoms with Crippen molar-refractivity contribution in [2.75, 3.05) is 6.54 Å². The number of hydrogen-bond acceptors (Lipinski definition) is 3. The summed E-state index contributed by atoms with van der Waals surface area (Å²) < 4.78 is 0. The molecule has 1 aromatic heterocycles. The molecule has 4 N–H and O–H groups in total. The van der Waals surface area contributed by atoms with Gasteiger partial charge in [0.1, 0.15) is 0 Å². The van der Waals surface area contributed by atoms with E-state index in [1.807, 2.05) is 19.1 Å². The van der Waals surface area contributed by atoms with E-state index in [0.29, 0.717) is 18.5 Å². The number of aromatic nitrogens is 1. The van der Waals surface area contributed by atoms with Gasteiger partial charge in [-0.05, 0) is 31.4 Å². The van der Waals surface area contributed by atoms with Crippen LogP contribution < -0.4 is 16.4 Å². The van der Waals surface area contributed by atoms with E-state index in [9.17, 15) is 4.79 Å². The van der Waals surface area contributed by atoms with Crippen LogP contribution in [0.25, 0.3) is 0 Å². The van der Waals surface area contributed by atoms with Crippen LogP contribution in [0.4, 0.5) is 4.79 Å². The summed E-state index contributed by atoms with van der Waals surface area (Å²) in [7, 11) is 0. The predicted octanol–water partition coefficient (Wildman–Crippen LogP) is 0.709. The summed E-state index contributed by atoms with van der Waals surface area (Å²) in [4.78, 5) is 19.5. The van der Waals surface area contributed by atoms with Crippen molar-refractivity contribution in [2.24, 2.45) is 10.7 Å². The Hall–Kier alpha value is -2.11. The first kappa shape index (κ1) is 13.3. The standard InChI is InChI=1S/C13H19N5O/c1-9-3-2-7-15-11(9)6-8-16-13(18-12(14)19)17-10-4-5-10/h2-3,7,10H,4-6,8H2,1H3,(H4,14,16,17,18,19). The maximum Gasteiger partial charge on any atom is 0.318 e. The summed E-state index contributed by atoms with van der Waals surface area (Å²) in [5.41, 5.74) is 7.29. The van der Waals surface area contributed by atoms with E-state index in [2.05, 4.69) is 20.6 Å². The van der Waals surface area contributed by atoms with Crippen LogP contribution in [0.2, 0.25) is 0 Å². The van der Waals surface area contributed by atoms with Crippen molar-refractivity contribution in [1.82, 2.24) is 15.6 Å². The Morgan fingerprint density at radius 3 is 3.00 bits per heavy atom. The van der Waals surface area contributed by atoms with Crippen molar-refractivity contribution in [1.29, 1.82) is 0 Å². The van der Waals surface area contributed by atoms with E-state index in [-0.39, 0.29) is 0 Å². The number of nitrogens with two attached hydrogens (primary N) is 1. The molecule has 1 heterocycles. The average molecular weight is 261 g/mol. The predicted molar refractivity (Wildman–Crippen MR) is 73.9 cm³/mol. The van der Waals surface area contributed by atoms with Gasteiger partial charge in [0.2, 0.25) is 0 Å². The lowest BCUT2D eigenvalue weighted by atomic mass is 10.2. The van der Waals surface area contributed by atoms with Gasteiger partial charge in [0.15, 0.2) is 5.96 Å². The summed E-state index contributed by atoms with van der Waals surface area (Å²) in [6.07, 6.45) is 4.73. The average Bonchev–Trinajstić information content (AvgIpc) is 3.14. The molecule has 0 unspecified atom stereocenters. The zero-order chi connectivity index (χ0) is 13.7. The largest absolute Gasteiger partial charge is 0.353 e. The van der Waals surface area contributed by atoms with E-state index in [1.165, 1.54) is 0 Å². The molecular weight excluding hydrogens is 242 g/mol. The number of primary amides is 1. The summed E-state index contributed by atoms with van der Waals surface area (Å²) in [5, 5.41) is 5.65. The molecule has 0 radical (unpaired) electrons. The topological polar surface area (TPSA) is 92.4 Å². The molecule has 0 saturated heterocycles. The maximum absolute atomic E-state index is 10.9. The molecule has 1 aromatic rings. The second-order valence-electron chi connectivity index (χ2n) is 4.66. The Balaban J connectivity index is 1.90. The molecule has 102 valence electrons. The van der Waals surface area contributed by atoms with Gasteiger partial charge in [-0.1, -0.05) is 6.07 Å². The zero-order valence-electron chi connectivity index (χ0n) is 11.0. The van der Waals surface area contributed by atoms with Gasteiger partial charge < -0.3 is 11.1 Å². The Labute approximate surface area is 112 Å². The van der Waals surface area contributed by atoms with Crippen LogP contribution >= 0.6 is 0 Å². The number of amides is 2. The molecule has 0 spiro atoms. The number of aliphatic imine (C=N–C) groups is 1. The van der Waals surface area contributed by atoms with Gasteiger partial charge in [0, 0.05) is 30.9 Å². The Kier molecular flexibility index (Phi) is 4.33. The fraction of sp³-hybridized carbons (Fsp3) is 0.462. The molecule has 6 nitrogen and oxygen atoms in total. The first-order chi connectivity index (χ1) is 9.15. The first-order valence-electron chi connectivity index (χ1n) is 6.43. The van der Waals surface area contributed by atoms with Crippen molar-refractivity contribution in [3.63, 3.8) is 0 Å². The van der Waals surface area contributed by atoms with Crippen LogP contribution in [0.3, 0.4) is 0 Å². The normalized spacial score (nSPS) is 15.1. The second kappa shape index (κ2) is 6.17. The van der Waals surface area contributed by atoms with Crippen LogP contribution in [-0.2, 0) is 6.42 Å². The van der Waals surface area contributed by atoms with Crippen molar-refractivity contribution >= 4 is 12.0 Å². The molecule has 1 aliphatic rings. The third-order valence-electron chi connectivity index (χ3n) is 2.90. The van der Waals surface area contributed by atoms with Crippen molar-refractivity contribution in [3.8, 4) is 0 Å². The molecule has 1 saturated carbocycles. The summed E-state index contributed by atoms with van der Waals surface area (Å²) in [6, 6.07) is 3.76. The number of hydrogen-bond donors (Lipinski definition) is 3. The number of pyridine rings is 1. The molecule has 1 fully saturated rings. The molecule has 19 heavy (non-hydrogen) atoms. The van der Waals surface area contributed by atoms with Gasteiger partial charge in [-0.2, -0.15) is 0 Å². The highest BCUT2D eigenvalue weighted by Gasteiger charge is 2.22. The maximum atomic E-state index is 10.9. The summed E-state index contributed by atoms with van der Waals surface area (Å²) in [6.45, 7) is 2.59. The minimum atomic E-state index is -0.596. The van der Waals surface area contributed by atoms with Crippen LogP contribution in [0.1, 0.15) is 24.1 Å². The van der Waals surface area contributed by atoms with Crippen molar-refractivity contribution < 1.29 is 4.79 Å². The molecule has 2 amide bonds. The van der Waals surface area contributed by atoms with Gasteiger partial charge >= 0.3 is 6.03 Å². The molecule has 0 aliphatic heterocycles. The number of rotatable bonds is 4. The fourth-order valence-electron chi connectivity index (χ4n) is 1.71. The number of carbonyl (C=O) groups excluding carboxylic acids is 1. The van der Waals surface area contributed by atoms with E-state index in [4.69, 9.17) is 5.73 Å². The van der Waals surface area contributed by atoms with Gasteiger partial charge in [0.25, 0.3) is 0 Å². The number of guanidine groups is 1. The molecular formula is C13H19N5O. The quantitative estimate of drug-likeness (QED) is 0.550. The Bertz CT molecular complexity index is 482. The summed E-state index contributed by atoms with van der Waals surface area (Å²) >= 11 is 0. The smallest absolute Gasteiger partial charge is 0.318 e. The molecule has 6 heteroatoms. The van der Waals surface area contributed by atoms with Crippen LogP contribution in [0.15, 0.2) is 23.3 Å². The zero-order valence-corrected chi connectivity index (χ0v) is 11.0. The number of urea groups is 1. The van der Waals surface area contributed by atoms with Crippen molar-refractivity contribution in [3.05, 3.63) is 29.6 Å². The third-order valence-corrected chi connectivity index (χ3v) is 2.90. The van der Waals surface area contributed by atoms with Crippen LogP contribution in [-0.4, -0.2) is 29.6 Å². The van der Waals surface area contributed by atoms with E-state index >= 15 is 0 Å². The highest BCUT2D eigenvalue weighted by Crippen LogP contribution is 2.18. The van der Waals surface area contributed by atoms with Gasteiger partial charge in [-0.15, -0.1) is 0 Å². The number of nitrogens with zero attached hydrogens (tertiary/aromatic N) is 2. The molecule has 0 bridgehead atoms. The summed E-state index contributed by atoms with van der Waals surface area (Å²) in [5.74, 6) is 0.462. The lowest BCUT2D eigenvalue weighted by Gasteiger charge is -2.09. The fourth-order valence-corrected chi connectivity index (χ4v) is 1.71. The Morgan fingerprint density at radius 1 is 1.58 bits per heavy atom.